The number of benzene rings is 3. The van der Waals surface area contributed by atoms with Crippen LogP contribution in [0, 0.1) is 13.8 Å². The second kappa shape index (κ2) is 6.91. The van der Waals surface area contributed by atoms with Crippen LogP contribution in [0.5, 0.6) is 0 Å². The van der Waals surface area contributed by atoms with E-state index < -0.39 is 7.12 Å². The summed E-state index contributed by atoms with van der Waals surface area (Å²) in [4.78, 5) is 2.16. The van der Waals surface area contributed by atoms with E-state index in [2.05, 4.69) is 29.2 Å². The molecule has 0 bridgehead atoms. The highest BCUT2D eigenvalue weighted by molar-refractivity contribution is 6.59. The van der Waals surface area contributed by atoms with Crippen LogP contribution in [-0.2, 0) is 0 Å². The van der Waals surface area contributed by atoms with Crippen LogP contribution in [0.2, 0.25) is 0 Å². The van der Waals surface area contributed by atoms with E-state index in [4.69, 9.17) is 0 Å². The molecule has 4 heteroatoms. The largest absolute Gasteiger partial charge is 0.488 e. The average molecular weight is 317 g/mol. The maximum atomic E-state index is 9.59. The Labute approximate surface area is 143 Å². The van der Waals surface area contributed by atoms with Crippen LogP contribution in [0.15, 0.2) is 72.8 Å². The molecule has 0 fully saturated rings. The molecule has 3 aromatic rings. The van der Waals surface area contributed by atoms with Gasteiger partial charge in [-0.05, 0) is 66.8 Å². The minimum absolute atomic E-state index is 0.569. The summed E-state index contributed by atoms with van der Waals surface area (Å²) in [5, 5.41) is 19.2. The van der Waals surface area contributed by atoms with Gasteiger partial charge in [0.05, 0.1) is 0 Å². The van der Waals surface area contributed by atoms with E-state index >= 15 is 0 Å². The first-order valence-corrected chi connectivity index (χ1v) is 7.95. The molecular formula is C20H20BNO2. The lowest BCUT2D eigenvalue weighted by Gasteiger charge is -2.27. The van der Waals surface area contributed by atoms with Gasteiger partial charge >= 0.3 is 7.12 Å². The van der Waals surface area contributed by atoms with Gasteiger partial charge in [-0.3, -0.25) is 0 Å². The first kappa shape index (κ1) is 16.3. The predicted molar refractivity (Wildman–Crippen MR) is 100 cm³/mol. The van der Waals surface area contributed by atoms with Gasteiger partial charge in [-0.2, -0.15) is 0 Å². The van der Waals surface area contributed by atoms with E-state index in [1.54, 1.807) is 0 Å². The standard InChI is InChI=1S/C20H20BNO2/c1-15-13-19(14-16(2)20(15)21(23)24)22(17-9-5-3-6-10-17)18-11-7-4-8-12-18/h3-14,23-24H,1-2H3. The second-order valence-electron chi connectivity index (χ2n) is 5.87. The summed E-state index contributed by atoms with van der Waals surface area (Å²) in [5.41, 5.74) is 5.39. The number of aryl methyl sites for hydroxylation is 2. The number of hydrogen-bond donors (Lipinski definition) is 2. The van der Waals surface area contributed by atoms with Gasteiger partial charge in [0.15, 0.2) is 0 Å². The highest BCUT2D eigenvalue weighted by Gasteiger charge is 2.20. The molecule has 0 amide bonds. The summed E-state index contributed by atoms with van der Waals surface area (Å²) in [6.07, 6.45) is 0. The van der Waals surface area contributed by atoms with Crippen molar-refractivity contribution in [3.05, 3.63) is 83.9 Å². The van der Waals surface area contributed by atoms with Crippen molar-refractivity contribution in [3.8, 4) is 0 Å². The van der Waals surface area contributed by atoms with Gasteiger partial charge in [0, 0.05) is 17.1 Å². The molecule has 0 unspecified atom stereocenters. The van der Waals surface area contributed by atoms with Gasteiger partial charge in [0.25, 0.3) is 0 Å². The number of nitrogens with zero attached hydrogens (tertiary/aromatic N) is 1. The highest BCUT2D eigenvalue weighted by Crippen LogP contribution is 2.34. The normalized spacial score (nSPS) is 10.5. The van der Waals surface area contributed by atoms with Crippen molar-refractivity contribution in [2.24, 2.45) is 0 Å². The van der Waals surface area contributed by atoms with Gasteiger partial charge in [0.2, 0.25) is 0 Å². The number of anilines is 3. The van der Waals surface area contributed by atoms with Gasteiger partial charge < -0.3 is 14.9 Å². The Kier molecular flexibility index (Phi) is 4.70. The lowest BCUT2D eigenvalue weighted by atomic mass is 9.74. The number of para-hydroxylation sites is 2. The molecule has 0 aliphatic heterocycles. The fourth-order valence-corrected chi connectivity index (χ4v) is 3.09. The third kappa shape index (κ3) is 3.20. The molecule has 0 atom stereocenters. The molecule has 24 heavy (non-hydrogen) atoms. The quantitative estimate of drug-likeness (QED) is 0.724. The maximum Gasteiger partial charge on any atom is 0.488 e. The Morgan fingerprint density at radius 3 is 1.46 bits per heavy atom. The van der Waals surface area contributed by atoms with E-state index in [0.29, 0.717) is 5.46 Å². The topological polar surface area (TPSA) is 43.7 Å². The summed E-state index contributed by atoms with van der Waals surface area (Å²) >= 11 is 0. The monoisotopic (exact) mass is 317 g/mol. The molecule has 0 radical (unpaired) electrons. The Hall–Kier alpha value is -2.56. The van der Waals surface area contributed by atoms with Crippen LogP contribution in [0.1, 0.15) is 11.1 Å². The molecule has 3 nitrogen and oxygen atoms in total. The summed E-state index contributed by atoms with van der Waals surface area (Å²) in [7, 11) is -1.46. The van der Waals surface area contributed by atoms with E-state index in [0.717, 1.165) is 28.2 Å². The molecular weight excluding hydrogens is 297 g/mol. The molecule has 0 saturated carbocycles. The summed E-state index contributed by atoms with van der Waals surface area (Å²) < 4.78 is 0. The van der Waals surface area contributed by atoms with E-state index in [9.17, 15) is 10.0 Å². The zero-order valence-corrected chi connectivity index (χ0v) is 13.8. The zero-order chi connectivity index (χ0) is 17.1. The fourth-order valence-electron chi connectivity index (χ4n) is 3.09. The molecule has 0 saturated heterocycles. The van der Waals surface area contributed by atoms with E-state index in [1.807, 2.05) is 62.4 Å². The van der Waals surface area contributed by atoms with E-state index in [1.165, 1.54) is 0 Å². The third-order valence-electron chi connectivity index (χ3n) is 4.12. The molecule has 0 heterocycles. The van der Waals surface area contributed by atoms with Crippen molar-refractivity contribution in [1.29, 1.82) is 0 Å². The van der Waals surface area contributed by atoms with Crippen molar-refractivity contribution < 1.29 is 10.0 Å². The Morgan fingerprint density at radius 2 is 1.08 bits per heavy atom. The third-order valence-corrected chi connectivity index (χ3v) is 4.12. The van der Waals surface area contributed by atoms with E-state index in [-0.39, 0.29) is 0 Å². The molecule has 3 aromatic carbocycles. The SMILES string of the molecule is Cc1cc(N(c2ccccc2)c2ccccc2)cc(C)c1B(O)O. The Bertz CT molecular complexity index is 757. The minimum Gasteiger partial charge on any atom is -0.423 e. The van der Waals surface area contributed by atoms with Crippen LogP contribution in [0.3, 0.4) is 0 Å². The molecule has 2 N–H and O–H groups in total. The predicted octanol–water partition coefficient (Wildman–Crippen LogP) is 3.45. The summed E-state index contributed by atoms with van der Waals surface area (Å²) in [6, 6.07) is 24.3. The molecule has 3 rings (SSSR count). The zero-order valence-electron chi connectivity index (χ0n) is 13.8. The average Bonchev–Trinajstić information content (AvgIpc) is 2.56. The van der Waals surface area contributed by atoms with Crippen LogP contribution in [-0.4, -0.2) is 17.2 Å². The van der Waals surface area contributed by atoms with Gasteiger partial charge in [-0.1, -0.05) is 36.4 Å². The number of hydrogen-bond acceptors (Lipinski definition) is 3. The van der Waals surface area contributed by atoms with Crippen LogP contribution < -0.4 is 10.4 Å². The van der Waals surface area contributed by atoms with Crippen molar-refractivity contribution in [2.75, 3.05) is 4.90 Å². The number of rotatable bonds is 4. The summed E-state index contributed by atoms with van der Waals surface area (Å²) in [6.45, 7) is 3.80. The molecule has 0 spiro atoms. The van der Waals surface area contributed by atoms with Crippen LogP contribution in [0.25, 0.3) is 0 Å². The highest BCUT2D eigenvalue weighted by atomic mass is 16.4. The summed E-state index contributed by atoms with van der Waals surface area (Å²) in [5.74, 6) is 0. The Morgan fingerprint density at radius 1 is 0.667 bits per heavy atom. The van der Waals surface area contributed by atoms with Crippen molar-refractivity contribution in [2.45, 2.75) is 13.8 Å². The molecule has 0 aliphatic rings. The lowest BCUT2D eigenvalue weighted by molar-refractivity contribution is 0.425. The van der Waals surface area contributed by atoms with Crippen molar-refractivity contribution in [3.63, 3.8) is 0 Å². The minimum atomic E-state index is -1.46. The van der Waals surface area contributed by atoms with Crippen LogP contribution >= 0.6 is 0 Å². The smallest absolute Gasteiger partial charge is 0.423 e. The van der Waals surface area contributed by atoms with Gasteiger partial charge in [0.1, 0.15) is 0 Å². The first-order valence-electron chi connectivity index (χ1n) is 7.95. The maximum absolute atomic E-state index is 9.59. The van der Waals surface area contributed by atoms with Gasteiger partial charge in [-0.25, -0.2) is 0 Å². The fraction of sp³-hybridized carbons (Fsp3) is 0.100. The molecule has 0 aliphatic carbocycles. The lowest BCUT2D eigenvalue weighted by Crippen LogP contribution is -2.34. The first-order chi connectivity index (χ1) is 11.6. The van der Waals surface area contributed by atoms with Gasteiger partial charge in [-0.15, -0.1) is 0 Å². The van der Waals surface area contributed by atoms with Crippen molar-refractivity contribution >= 4 is 29.6 Å². The van der Waals surface area contributed by atoms with Crippen molar-refractivity contribution in [1.82, 2.24) is 0 Å². The molecule has 120 valence electrons. The second-order valence-corrected chi connectivity index (χ2v) is 5.87. The van der Waals surface area contributed by atoms with Crippen LogP contribution in [0.4, 0.5) is 17.1 Å². The Balaban J connectivity index is 2.17. The molecule has 0 aromatic heterocycles.